The number of alkyl halides is 1. The number of aryl methyl sites for hydroxylation is 1. The van der Waals surface area contributed by atoms with E-state index in [2.05, 4.69) is 33.2 Å². The van der Waals surface area contributed by atoms with Crippen molar-refractivity contribution in [3.63, 3.8) is 0 Å². The lowest BCUT2D eigenvalue weighted by atomic mass is 10.2. The lowest BCUT2D eigenvalue weighted by Crippen LogP contribution is -1.98. The Balaban J connectivity index is 2.46. The van der Waals surface area contributed by atoms with Gasteiger partial charge in [-0.05, 0) is 31.5 Å². The Morgan fingerprint density at radius 1 is 1.25 bits per heavy atom. The maximum Gasteiger partial charge on any atom is 0.0848 e. The fraction of sp³-hybridized carbons (Fsp3) is 0.250. The van der Waals surface area contributed by atoms with Crippen LogP contribution in [-0.4, -0.2) is 9.78 Å². The summed E-state index contributed by atoms with van der Waals surface area (Å²) in [4.78, 5) is 0. The normalized spacial score (nSPS) is 10.8. The molecular formula is C12H12BrClN2. The Labute approximate surface area is 108 Å². The first-order chi connectivity index (χ1) is 7.63. The quantitative estimate of drug-likeness (QED) is 0.765. The number of rotatable bonds is 2. The Hall–Kier alpha value is -0.800. The molecule has 1 aromatic carbocycles. The molecule has 0 aliphatic carbocycles. The number of hydrogen-bond acceptors (Lipinski definition) is 1. The molecule has 0 unspecified atom stereocenters. The van der Waals surface area contributed by atoms with E-state index < -0.39 is 0 Å². The van der Waals surface area contributed by atoms with Crippen LogP contribution in [0.2, 0.25) is 5.02 Å². The molecule has 0 saturated carbocycles. The average molecular weight is 300 g/mol. The monoisotopic (exact) mass is 298 g/mol. The molecule has 0 radical (unpaired) electrons. The largest absolute Gasteiger partial charge is 0.236 e. The van der Waals surface area contributed by atoms with E-state index in [1.807, 2.05) is 30.7 Å². The van der Waals surface area contributed by atoms with Crippen molar-refractivity contribution in [2.45, 2.75) is 19.2 Å². The zero-order valence-electron chi connectivity index (χ0n) is 9.17. The molecular weight excluding hydrogens is 288 g/mol. The zero-order valence-corrected chi connectivity index (χ0v) is 11.5. The van der Waals surface area contributed by atoms with Gasteiger partial charge in [-0.3, -0.25) is 0 Å². The molecule has 2 rings (SSSR count). The van der Waals surface area contributed by atoms with Gasteiger partial charge >= 0.3 is 0 Å². The molecule has 0 bridgehead atoms. The smallest absolute Gasteiger partial charge is 0.0848 e. The van der Waals surface area contributed by atoms with Crippen molar-refractivity contribution in [2.75, 3.05) is 0 Å². The van der Waals surface area contributed by atoms with Crippen LogP contribution in [0.15, 0.2) is 24.3 Å². The number of aromatic nitrogens is 2. The van der Waals surface area contributed by atoms with Crippen molar-refractivity contribution in [3.05, 3.63) is 46.2 Å². The molecule has 0 aliphatic heterocycles. The summed E-state index contributed by atoms with van der Waals surface area (Å²) < 4.78 is 1.87. The lowest BCUT2D eigenvalue weighted by Gasteiger charge is -2.04. The molecule has 2 nitrogen and oxygen atoms in total. The summed E-state index contributed by atoms with van der Waals surface area (Å²) >= 11 is 9.54. The first-order valence-corrected chi connectivity index (χ1v) is 6.50. The summed E-state index contributed by atoms with van der Waals surface area (Å²) in [5, 5.41) is 6.02. The van der Waals surface area contributed by atoms with Crippen LogP contribution in [-0.2, 0) is 5.33 Å². The Kier molecular flexibility index (Phi) is 3.36. The molecule has 0 atom stereocenters. The van der Waals surface area contributed by atoms with Crippen LogP contribution in [0, 0.1) is 13.8 Å². The van der Waals surface area contributed by atoms with Crippen molar-refractivity contribution in [1.82, 2.24) is 9.78 Å². The van der Waals surface area contributed by atoms with Crippen molar-refractivity contribution in [3.8, 4) is 5.69 Å². The molecule has 0 N–H and O–H groups in total. The van der Waals surface area contributed by atoms with Gasteiger partial charge in [0.2, 0.25) is 0 Å². The molecule has 16 heavy (non-hydrogen) atoms. The van der Waals surface area contributed by atoms with E-state index in [-0.39, 0.29) is 0 Å². The van der Waals surface area contributed by atoms with Gasteiger partial charge in [-0.15, -0.1) is 0 Å². The minimum atomic E-state index is 0.740. The third-order valence-electron chi connectivity index (χ3n) is 2.54. The van der Waals surface area contributed by atoms with Crippen molar-refractivity contribution in [1.29, 1.82) is 0 Å². The fourth-order valence-electron chi connectivity index (χ4n) is 1.60. The standard InChI is InChI=1S/C12H12BrClN2/c1-8-12(14)9(2)16(15-8)11-5-3-10(7-13)4-6-11/h3-6H,7H2,1-2H3. The summed E-state index contributed by atoms with van der Waals surface area (Å²) in [5.74, 6) is 0. The molecule has 4 heteroatoms. The van der Waals surface area contributed by atoms with E-state index >= 15 is 0 Å². The average Bonchev–Trinajstić information content (AvgIpc) is 2.57. The molecule has 0 spiro atoms. The first-order valence-electron chi connectivity index (χ1n) is 5.00. The minimum Gasteiger partial charge on any atom is -0.236 e. The van der Waals surface area contributed by atoms with E-state index in [1.165, 1.54) is 5.56 Å². The van der Waals surface area contributed by atoms with Crippen LogP contribution in [0.5, 0.6) is 0 Å². The molecule has 0 aliphatic rings. The molecule has 1 aromatic heterocycles. The zero-order chi connectivity index (χ0) is 11.7. The highest BCUT2D eigenvalue weighted by Crippen LogP contribution is 2.22. The third-order valence-corrected chi connectivity index (χ3v) is 3.73. The Morgan fingerprint density at radius 2 is 1.88 bits per heavy atom. The third kappa shape index (κ3) is 2.02. The van der Waals surface area contributed by atoms with E-state index in [1.54, 1.807) is 0 Å². The number of benzene rings is 1. The van der Waals surface area contributed by atoms with Gasteiger partial charge in [0.05, 0.1) is 22.1 Å². The van der Waals surface area contributed by atoms with Crippen LogP contribution >= 0.6 is 27.5 Å². The lowest BCUT2D eigenvalue weighted by molar-refractivity contribution is 0.833. The van der Waals surface area contributed by atoms with Gasteiger partial charge in [0, 0.05) is 5.33 Å². The Bertz CT molecular complexity index is 502. The molecule has 2 aromatic rings. The van der Waals surface area contributed by atoms with Crippen LogP contribution in [0.3, 0.4) is 0 Å². The second-order valence-electron chi connectivity index (χ2n) is 3.70. The van der Waals surface area contributed by atoms with Gasteiger partial charge in [0.15, 0.2) is 0 Å². The molecule has 84 valence electrons. The molecule has 0 fully saturated rings. The number of halogens is 2. The van der Waals surface area contributed by atoms with Gasteiger partial charge in [-0.2, -0.15) is 5.10 Å². The van der Waals surface area contributed by atoms with Crippen LogP contribution in [0.1, 0.15) is 17.0 Å². The summed E-state index contributed by atoms with van der Waals surface area (Å²) in [5.41, 5.74) is 4.13. The maximum absolute atomic E-state index is 6.12. The number of hydrogen-bond donors (Lipinski definition) is 0. The van der Waals surface area contributed by atoms with Crippen LogP contribution < -0.4 is 0 Å². The van der Waals surface area contributed by atoms with E-state index in [0.717, 1.165) is 27.4 Å². The second-order valence-corrected chi connectivity index (χ2v) is 4.64. The predicted octanol–water partition coefficient (Wildman–Crippen LogP) is 4.04. The summed E-state index contributed by atoms with van der Waals surface area (Å²) in [6.07, 6.45) is 0. The summed E-state index contributed by atoms with van der Waals surface area (Å²) in [6, 6.07) is 8.25. The first kappa shape index (κ1) is 11.7. The van der Waals surface area contributed by atoms with E-state index in [4.69, 9.17) is 11.6 Å². The minimum absolute atomic E-state index is 0.740. The van der Waals surface area contributed by atoms with E-state index in [0.29, 0.717) is 0 Å². The second kappa shape index (κ2) is 4.60. The SMILES string of the molecule is Cc1nn(-c2ccc(CBr)cc2)c(C)c1Cl. The predicted molar refractivity (Wildman–Crippen MR) is 70.7 cm³/mol. The van der Waals surface area contributed by atoms with Crippen LogP contribution in [0.25, 0.3) is 5.69 Å². The number of nitrogens with zero attached hydrogens (tertiary/aromatic N) is 2. The van der Waals surface area contributed by atoms with Crippen molar-refractivity contribution in [2.24, 2.45) is 0 Å². The highest BCUT2D eigenvalue weighted by molar-refractivity contribution is 9.08. The topological polar surface area (TPSA) is 17.8 Å². The van der Waals surface area contributed by atoms with E-state index in [9.17, 15) is 0 Å². The van der Waals surface area contributed by atoms with Gasteiger partial charge in [-0.25, -0.2) is 4.68 Å². The molecule has 0 amide bonds. The fourth-order valence-corrected chi connectivity index (χ4v) is 2.09. The van der Waals surface area contributed by atoms with Gasteiger partial charge in [0.1, 0.15) is 0 Å². The summed E-state index contributed by atoms with van der Waals surface area (Å²) in [6.45, 7) is 3.89. The molecule has 1 heterocycles. The van der Waals surface area contributed by atoms with Crippen molar-refractivity contribution >= 4 is 27.5 Å². The highest BCUT2D eigenvalue weighted by atomic mass is 79.9. The molecule has 0 saturated heterocycles. The van der Waals surface area contributed by atoms with Crippen molar-refractivity contribution < 1.29 is 0 Å². The van der Waals surface area contributed by atoms with Gasteiger partial charge in [-0.1, -0.05) is 39.7 Å². The highest BCUT2D eigenvalue weighted by Gasteiger charge is 2.10. The van der Waals surface area contributed by atoms with Crippen LogP contribution in [0.4, 0.5) is 0 Å². The van der Waals surface area contributed by atoms with Gasteiger partial charge in [0.25, 0.3) is 0 Å². The summed E-state index contributed by atoms with van der Waals surface area (Å²) in [7, 11) is 0. The maximum atomic E-state index is 6.12. The van der Waals surface area contributed by atoms with Gasteiger partial charge < -0.3 is 0 Å². The Morgan fingerprint density at radius 3 is 2.31 bits per heavy atom.